The van der Waals surface area contributed by atoms with Crippen LogP contribution in [0.4, 0.5) is 9.18 Å². The molecular weight excluding hydrogens is 288 g/mol. The molecule has 0 saturated carbocycles. The fraction of sp³-hybridized carbons (Fsp3) is 0. The summed E-state index contributed by atoms with van der Waals surface area (Å²) in [4.78, 5) is 10.3. The molecule has 80 valence electrons. The maximum absolute atomic E-state index is 13.4. The molecule has 7 heteroatoms. The number of urea groups is 1. The summed E-state index contributed by atoms with van der Waals surface area (Å²) in [6.45, 7) is 0. The Morgan fingerprint density at radius 1 is 1.67 bits per heavy atom. The van der Waals surface area contributed by atoms with E-state index in [1.807, 2.05) is 5.43 Å². The van der Waals surface area contributed by atoms with Crippen molar-refractivity contribution in [3.05, 3.63) is 33.0 Å². The minimum atomic E-state index is -0.820. The second-order valence-electron chi connectivity index (χ2n) is 2.50. The number of hydrogen-bond donors (Lipinski definition) is 2. The number of carbonyl (C=O) groups excluding carboxylic acids is 1. The Kier molecular flexibility index (Phi) is 4.05. The lowest BCUT2D eigenvalue weighted by atomic mass is 10.2. The highest BCUT2D eigenvalue weighted by Gasteiger charge is 2.07. The topological polar surface area (TPSA) is 67.5 Å². The summed E-state index contributed by atoms with van der Waals surface area (Å²) < 4.78 is 13.6. The Morgan fingerprint density at radius 3 is 2.93 bits per heavy atom. The summed E-state index contributed by atoms with van der Waals surface area (Å²) in [5, 5.41) is 3.68. The minimum Gasteiger partial charge on any atom is -0.350 e. The van der Waals surface area contributed by atoms with E-state index in [1.54, 1.807) is 0 Å². The van der Waals surface area contributed by atoms with Gasteiger partial charge in [0.05, 0.1) is 15.7 Å². The molecule has 2 amide bonds. The van der Waals surface area contributed by atoms with Gasteiger partial charge in [-0.25, -0.2) is 14.6 Å². The fourth-order valence-electron chi connectivity index (χ4n) is 0.806. The highest BCUT2D eigenvalue weighted by Crippen LogP contribution is 2.26. The van der Waals surface area contributed by atoms with Gasteiger partial charge in [0.15, 0.2) is 0 Å². The molecule has 0 spiro atoms. The second kappa shape index (κ2) is 5.09. The standard InChI is InChI=1S/C8H6BrClFN3O/c9-6-5(10)2-1-4(7(6)11)3-13-14-8(12)15/h1-3H,(H3,12,14,15). The number of carbonyl (C=O) groups is 1. The largest absolute Gasteiger partial charge is 0.350 e. The number of nitrogens with zero attached hydrogens (tertiary/aromatic N) is 1. The fourth-order valence-corrected chi connectivity index (χ4v) is 1.31. The first-order chi connectivity index (χ1) is 7.02. The van der Waals surface area contributed by atoms with E-state index in [-0.39, 0.29) is 15.1 Å². The minimum absolute atomic E-state index is 0.146. The normalized spacial score (nSPS) is 10.6. The van der Waals surface area contributed by atoms with Crippen molar-refractivity contribution in [2.45, 2.75) is 0 Å². The zero-order chi connectivity index (χ0) is 11.4. The molecule has 0 aromatic heterocycles. The molecular formula is C8H6BrClFN3O. The average Bonchev–Trinajstić information content (AvgIpc) is 2.18. The highest BCUT2D eigenvalue weighted by molar-refractivity contribution is 9.10. The predicted octanol–water partition coefficient (Wildman–Crippen LogP) is 2.24. The van der Waals surface area contributed by atoms with Crippen molar-refractivity contribution >= 4 is 39.8 Å². The molecule has 0 fully saturated rings. The summed E-state index contributed by atoms with van der Waals surface area (Å²) in [6.07, 6.45) is 1.13. The molecule has 0 aliphatic heterocycles. The highest BCUT2D eigenvalue weighted by atomic mass is 79.9. The molecule has 0 aliphatic carbocycles. The van der Waals surface area contributed by atoms with Crippen molar-refractivity contribution in [1.82, 2.24) is 5.43 Å². The first-order valence-electron chi connectivity index (χ1n) is 3.74. The molecule has 1 rings (SSSR count). The number of rotatable bonds is 2. The average molecular weight is 295 g/mol. The van der Waals surface area contributed by atoms with Crippen LogP contribution >= 0.6 is 27.5 Å². The van der Waals surface area contributed by atoms with Gasteiger partial charge in [-0.1, -0.05) is 11.6 Å². The second-order valence-corrected chi connectivity index (χ2v) is 3.70. The van der Waals surface area contributed by atoms with E-state index in [2.05, 4.69) is 21.0 Å². The van der Waals surface area contributed by atoms with Gasteiger partial charge >= 0.3 is 6.03 Å². The first kappa shape index (κ1) is 11.9. The van der Waals surface area contributed by atoms with Gasteiger partial charge in [-0.2, -0.15) is 5.10 Å². The van der Waals surface area contributed by atoms with Gasteiger partial charge in [-0.05, 0) is 28.1 Å². The van der Waals surface area contributed by atoms with E-state index in [9.17, 15) is 9.18 Å². The maximum Gasteiger partial charge on any atom is 0.332 e. The van der Waals surface area contributed by atoms with Crippen LogP contribution in [0.15, 0.2) is 21.7 Å². The lowest BCUT2D eigenvalue weighted by Crippen LogP contribution is -2.24. The molecule has 0 saturated heterocycles. The van der Waals surface area contributed by atoms with Crippen LogP contribution in [-0.2, 0) is 0 Å². The third-order valence-corrected chi connectivity index (χ3v) is 2.76. The Hall–Kier alpha value is -1.14. The quantitative estimate of drug-likeness (QED) is 0.490. The van der Waals surface area contributed by atoms with E-state index in [4.69, 9.17) is 17.3 Å². The summed E-state index contributed by atoms with van der Waals surface area (Å²) >= 11 is 8.62. The van der Waals surface area contributed by atoms with Gasteiger partial charge in [0.1, 0.15) is 5.82 Å². The number of hydrogen-bond acceptors (Lipinski definition) is 2. The van der Waals surface area contributed by atoms with Crippen LogP contribution in [-0.4, -0.2) is 12.2 Å². The van der Waals surface area contributed by atoms with Gasteiger partial charge in [0.25, 0.3) is 0 Å². The summed E-state index contributed by atoms with van der Waals surface area (Å²) in [6, 6.07) is 2.11. The van der Waals surface area contributed by atoms with Crippen molar-refractivity contribution in [2.75, 3.05) is 0 Å². The van der Waals surface area contributed by atoms with Crippen molar-refractivity contribution in [1.29, 1.82) is 0 Å². The van der Waals surface area contributed by atoms with Crippen LogP contribution in [0.2, 0.25) is 5.02 Å². The molecule has 0 aliphatic rings. The third kappa shape index (κ3) is 3.17. The number of primary amides is 1. The van der Waals surface area contributed by atoms with Crippen LogP contribution < -0.4 is 11.2 Å². The first-order valence-corrected chi connectivity index (χ1v) is 4.91. The van der Waals surface area contributed by atoms with Gasteiger partial charge in [-0.15, -0.1) is 0 Å². The molecule has 15 heavy (non-hydrogen) atoms. The van der Waals surface area contributed by atoms with E-state index in [0.29, 0.717) is 0 Å². The number of nitrogens with two attached hydrogens (primary N) is 1. The molecule has 3 N–H and O–H groups in total. The Bertz CT molecular complexity index is 425. The SMILES string of the molecule is NC(=O)NN=Cc1ccc(Cl)c(Br)c1F. The van der Waals surface area contributed by atoms with Crippen molar-refractivity contribution in [3.8, 4) is 0 Å². The lowest BCUT2D eigenvalue weighted by Gasteiger charge is -2.00. The van der Waals surface area contributed by atoms with Crippen molar-refractivity contribution in [2.24, 2.45) is 10.8 Å². The van der Waals surface area contributed by atoms with Crippen LogP contribution in [0.5, 0.6) is 0 Å². The van der Waals surface area contributed by atoms with Gasteiger partial charge < -0.3 is 5.73 Å². The van der Waals surface area contributed by atoms with E-state index >= 15 is 0 Å². The summed E-state index contributed by atoms with van der Waals surface area (Å²) in [5.41, 5.74) is 6.89. The summed E-state index contributed by atoms with van der Waals surface area (Å²) in [7, 11) is 0. The zero-order valence-corrected chi connectivity index (χ0v) is 9.64. The molecule has 0 radical (unpaired) electrons. The third-order valence-electron chi connectivity index (χ3n) is 1.44. The van der Waals surface area contributed by atoms with E-state index in [1.165, 1.54) is 12.1 Å². The molecule has 0 unspecified atom stereocenters. The molecule has 0 atom stereocenters. The van der Waals surface area contributed by atoms with Crippen LogP contribution in [0, 0.1) is 5.82 Å². The lowest BCUT2D eigenvalue weighted by molar-refractivity contribution is 0.249. The zero-order valence-electron chi connectivity index (χ0n) is 7.30. The predicted molar refractivity (Wildman–Crippen MR) is 59.4 cm³/mol. The monoisotopic (exact) mass is 293 g/mol. The van der Waals surface area contributed by atoms with Crippen LogP contribution in [0.1, 0.15) is 5.56 Å². The number of halogens is 3. The Morgan fingerprint density at radius 2 is 2.33 bits per heavy atom. The Labute approximate surface area is 98.4 Å². The molecule has 0 bridgehead atoms. The Balaban J connectivity index is 2.92. The maximum atomic E-state index is 13.4. The van der Waals surface area contributed by atoms with Gasteiger partial charge in [0.2, 0.25) is 0 Å². The number of hydrazone groups is 1. The van der Waals surface area contributed by atoms with E-state index in [0.717, 1.165) is 6.21 Å². The number of nitrogens with one attached hydrogen (secondary N) is 1. The molecule has 1 aromatic carbocycles. The smallest absolute Gasteiger partial charge is 0.332 e. The van der Waals surface area contributed by atoms with Crippen LogP contribution in [0.3, 0.4) is 0 Å². The van der Waals surface area contributed by atoms with Crippen molar-refractivity contribution in [3.63, 3.8) is 0 Å². The molecule has 0 heterocycles. The molecule has 4 nitrogen and oxygen atoms in total. The van der Waals surface area contributed by atoms with Crippen LogP contribution in [0.25, 0.3) is 0 Å². The van der Waals surface area contributed by atoms with E-state index < -0.39 is 11.8 Å². The van der Waals surface area contributed by atoms with Gasteiger partial charge in [-0.3, -0.25) is 0 Å². The molecule has 1 aromatic rings. The van der Waals surface area contributed by atoms with Gasteiger partial charge in [0, 0.05) is 5.56 Å². The summed E-state index contributed by atoms with van der Waals surface area (Å²) in [5.74, 6) is -0.558. The number of benzene rings is 1. The van der Waals surface area contributed by atoms with Crippen molar-refractivity contribution < 1.29 is 9.18 Å². The number of amides is 2.